The summed E-state index contributed by atoms with van der Waals surface area (Å²) in [6.45, 7) is 13.9. The Morgan fingerprint density at radius 2 is 0.468 bits per heavy atom. The molecule has 0 saturated heterocycles. The summed E-state index contributed by atoms with van der Waals surface area (Å²) in [4.78, 5) is 0. The van der Waals surface area contributed by atoms with Gasteiger partial charge in [0.2, 0.25) is 0 Å². The summed E-state index contributed by atoms with van der Waals surface area (Å²) >= 11 is 0. The standard InChI is InChI=1S/C43H48Si4/c1-44(2,40-31-19-10-20-32-40)47(45(3,4)41-33-21-11-22-34-41,46(5,6)42-35-23-12-24-36-42)43(37-25-13-7-14-26-37,38-27-15-8-16-28-38)39-29-17-9-18-30-39/h7-36H,1-6H3. The van der Waals surface area contributed by atoms with E-state index >= 15 is 0 Å². The van der Waals surface area contributed by atoms with Crippen LogP contribution >= 0.6 is 0 Å². The van der Waals surface area contributed by atoms with Crippen molar-refractivity contribution in [2.75, 3.05) is 0 Å². The van der Waals surface area contributed by atoms with E-state index in [-0.39, 0.29) is 5.04 Å². The molecule has 4 heteroatoms. The molecule has 236 valence electrons. The quantitative estimate of drug-likeness (QED) is 0.100. The monoisotopic (exact) mass is 676 g/mol. The molecule has 0 nitrogen and oxygen atoms in total. The lowest BCUT2D eigenvalue weighted by molar-refractivity contribution is 0.856. The predicted octanol–water partition coefficient (Wildman–Crippen LogP) is 9.09. The fraction of sp³-hybridized carbons (Fsp3) is 0.163. The van der Waals surface area contributed by atoms with Crippen LogP contribution in [0.15, 0.2) is 182 Å². The fourth-order valence-corrected chi connectivity index (χ4v) is 106. The van der Waals surface area contributed by atoms with Gasteiger partial charge in [0.1, 0.15) is 0 Å². The molecular weight excluding hydrogens is 629 g/mol. The second-order valence-corrected chi connectivity index (χ2v) is 50.8. The van der Waals surface area contributed by atoms with Crippen LogP contribution in [0.5, 0.6) is 0 Å². The van der Waals surface area contributed by atoms with Gasteiger partial charge in [0.15, 0.2) is 0 Å². The van der Waals surface area contributed by atoms with Crippen LogP contribution in [0, 0.1) is 0 Å². The zero-order chi connectivity index (χ0) is 33.2. The van der Waals surface area contributed by atoms with Gasteiger partial charge in [0.05, 0.1) is 29.4 Å². The van der Waals surface area contributed by atoms with E-state index in [0.29, 0.717) is 0 Å². The van der Waals surface area contributed by atoms with E-state index in [1.807, 2.05) is 0 Å². The molecule has 0 unspecified atom stereocenters. The molecule has 0 radical (unpaired) electrons. The van der Waals surface area contributed by atoms with E-state index in [1.165, 1.54) is 16.7 Å². The normalized spacial score (nSPS) is 12.9. The highest BCUT2D eigenvalue weighted by molar-refractivity contribution is 7.94. The SMILES string of the molecule is C[Si](C)(c1ccccc1)[Si](C(c1ccccc1)(c1ccccc1)c1ccccc1)([Si](C)(C)c1ccccc1)[Si](C)(C)c1ccccc1. The summed E-state index contributed by atoms with van der Waals surface area (Å²) in [7, 11) is -7.25. The van der Waals surface area contributed by atoms with Gasteiger partial charge in [0.25, 0.3) is 0 Å². The van der Waals surface area contributed by atoms with Crippen LogP contribution < -0.4 is 15.6 Å². The van der Waals surface area contributed by atoms with Gasteiger partial charge in [-0.3, -0.25) is 0 Å². The summed E-state index contributed by atoms with van der Waals surface area (Å²) in [5.41, 5.74) is 4.36. The Labute approximate surface area is 286 Å². The first-order chi connectivity index (χ1) is 22.6. The van der Waals surface area contributed by atoms with Crippen LogP contribution in [0.25, 0.3) is 0 Å². The molecule has 6 rings (SSSR count). The van der Waals surface area contributed by atoms with Crippen molar-refractivity contribution in [2.24, 2.45) is 0 Å². The molecule has 0 aliphatic heterocycles. The van der Waals surface area contributed by atoms with E-state index in [1.54, 1.807) is 15.6 Å². The second kappa shape index (κ2) is 13.0. The van der Waals surface area contributed by atoms with Crippen molar-refractivity contribution >= 4 is 45.0 Å². The van der Waals surface area contributed by atoms with Gasteiger partial charge in [0, 0.05) is 5.04 Å². The van der Waals surface area contributed by atoms with Gasteiger partial charge in [-0.2, -0.15) is 0 Å². The lowest BCUT2D eigenvalue weighted by Gasteiger charge is -2.69. The Balaban J connectivity index is 2.00. The highest BCUT2D eigenvalue weighted by atomic mass is 29.9. The maximum absolute atomic E-state index is 2.79. The van der Waals surface area contributed by atoms with Gasteiger partial charge in [-0.05, 0) is 16.7 Å². The zero-order valence-electron chi connectivity index (χ0n) is 28.8. The molecule has 0 spiro atoms. The maximum Gasteiger partial charge on any atom is 0.0759 e. The Morgan fingerprint density at radius 1 is 0.277 bits per heavy atom. The highest BCUT2D eigenvalue weighted by Crippen LogP contribution is 2.56. The van der Waals surface area contributed by atoms with Crippen molar-refractivity contribution in [1.82, 2.24) is 0 Å². The maximum atomic E-state index is 2.79. The van der Waals surface area contributed by atoms with Crippen LogP contribution in [-0.2, 0) is 5.04 Å². The molecule has 0 amide bonds. The first-order valence-electron chi connectivity index (χ1n) is 17.0. The van der Waals surface area contributed by atoms with Crippen LogP contribution in [0.3, 0.4) is 0 Å². The molecule has 0 aliphatic rings. The first-order valence-corrected chi connectivity index (χ1v) is 31.0. The highest BCUT2D eigenvalue weighted by Gasteiger charge is 2.77. The molecule has 0 saturated carbocycles. The van der Waals surface area contributed by atoms with Crippen molar-refractivity contribution < 1.29 is 0 Å². The lowest BCUT2D eigenvalue weighted by atomic mass is 9.84. The number of benzene rings is 6. The van der Waals surface area contributed by atoms with Crippen molar-refractivity contribution in [3.63, 3.8) is 0 Å². The molecular formula is C43H48Si4. The number of hydrogen-bond donors (Lipinski definition) is 0. The van der Waals surface area contributed by atoms with E-state index in [0.717, 1.165) is 0 Å². The average molecular weight is 677 g/mol. The molecule has 0 heterocycles. The van der Waals surface area contributed by atoms with Gasteiger partial charge in [-0.1, -0.05) is 237 Å². The molecule has 0 bridgehead atoms. The third-order valence-corrected chi connectivity index (χ3v) is 81.0. The third kappa shape index (κ3) is 5.05. The van der Waals surface area contributed by atoms with E-state index in [9.17, 15) is 0 Å². The van der Waals surface area contributed by atoms with Gasteiger partial charge in [-0.15, -0.1) is 0 Å². The average Bonchev–Trinajstić information content (AvgIpc) is 3.12. The van der Waals surface area contributed by atoms with Crippen molar-refractivity contribution in [2.45, 2.75) is 44.3 Å². The van der Waals surface area contributed by atoms with Gasteiger partial charge >= 0.3 is 0 Å². The summed E-state index contributed by atoms with van der Waals surface area (Å²) in [5, 5.41) is 4.45. The van der Waals surface area contributed by atoms with Crippen LogP contribution in [-0.4, -0.2) is 29.4 Å². The zero-order valence-corrected chi connectivity index (χ0v) is 32.8. The van der Waals surface area contributed by atoms with Crippen LogP contribution in [0.4, 0.5) is 0 Å². The molecule has 0 fully saturated rings. The molecule has 0 atom stereocenters. The predicted molar refractivity (Wildman–Crippen MR) is 216 cm³/mol. The fourth-order valence-electron chi connectivity index (χ4n) is 10.2. The Morgan fingerprint density at radius 3 is 0.681 bits per heavy atom. The second-order valence-electron chi connectivity index (χ2n) is 14.6. The topological polar surface area (TPSA) is 0 Å². The minimum absolute atomic E-state index is 0.320. The van der Waals surface area contributed by atoms with Crippen LogP contribution in [0.2, 0.25) is 39.3 Å². The number of rotatable bonds is 10. The van der Waals surface area contributed by atoms with E-state index in [2.05, 4.69) is 221 Å². The minimum atomic E-state index is -2.79. The summed E-state index contributed by atoms with van der Waals surface area (Å²) in [6, 6.07) is 70.5. The van der Waals surface area contributed by atoms with E-state index in [4.69, 9.17) is 0 Å². The molecule has 47 heavy (non-hydrogen) atoms. The summed E-state index contributed by atoms with van der Waals surface area (Å²) in [5.74, 6) is 0. The molecule has 6 aromatic carbocycles. The summed E-state index contributed by atoms with van der Waals surface area (Å²) < 4.78 is 0. The smallest absolute Gasteiger partial charge is 0.0677 e. The first kappa shape index (κ1) is 33.1. The van der Waals surface area contributed by atoms with Gasteiger partial charge in [-0.25, -0.2) is 0 Å². The summed E-state index contributed by atoms with van der Waals surface area (Å²) in [6.07, 6.45) is 0. The Hall–Kier alpha value is -3.81. The largest absolute Gasteiger partial charge is 0.0759 e. The molecule has 0 N–H and O–H groups in total. The Bertz CT molecular complexity index is 1650. The number of hydrogen-bond acceptors (Lipinski definition) is 0. The Kier molecular flexibility index (Phi) is 9.16. The lowest BCUT2D eigenvalue weighted by Crippen LogP contribution is -2.98. The van der Waals surface area contributed by atoms with Crippen molar-refractivity contribution in [3.8, 4) is 0 Å². The molecule has 0 aromatic heterocycles. The minimum Gasteiger partial charge on any atom is -0.0677 e. The van der Waals surface area contributed by atoms with E-state index < -0.39 is 29.4 Å². The van der Waals surface area contributed by atoms with Gasteiger partial charge < -0.3 is 0 Å². The third-order valence-electron chi connectivity index (χ3n) is 11.5. The van der Waals surface area contributed by atoms with Crippen molar-refractivity contribution in [3.05, 3.63) is 199 Å². The molecule has 6 aromatic rings. The van der Waals surface area contributed by atoms with Crippen molar-refractivity contribution in [1.29, 1.82) is 0 Å². The van der Waals surface area contributed by atoms with Crippen LogP contribution in [0.1, 0.15) is 16.7 Å². The molecule has 0 aliphatic carbocycles.